The van der Waals surface area contributed by atoms with Crippen molar-refractivity contribution >= 4 is 6.09 Å². The monoisotopic (exact) mass is 309 g/mol. The normalized spacial score (nSPS) is 18.3. The molecule has 1 fully saturated rings. The first kappa shape index (κ1) is 15.2. The van der Waals surface area contributed by atoms with Crippen LogP contribution < -0.4 is 0 Å². The molecular weight excluding hydrogens is 290 g/mol. The standard InChI is InChI=1S/C19H19NO3/c1-2-17(21)20-16(13-23-19(20)22)18(14-9-5-3-6-10-14)15-11-7-4-8-12-15/h2-12,16,18,21H,13H2,1H3/b17-2-/t16-/m1/s1. The van der Waals surface area contributed by atoms with E-state index in [-0.39, 0.29) is 24.4 Å². The summed E-state index contributed by atoms with van der Waals surface area (Å²) < 4.78 is 5.21. The van der Waals surface area contributed by atoms with E-state index >= 15 is 0 Å². The predicted octanol–water partition coefficient (Wildman–Crippen LogP) is 4.06. The topological polar surface area (TPSA) is 49.8 Å². The lowest BCUT2D eigenvalue weighted by molar-refractivity contribution is 0.148. The van der Waals surface area contributed by atoms with E-state index in [1.165, 1.54) is 11.0 Å². The van der Waals surface area contributed by atoms with E-state index in [0.29, 0.717) is 0 Å². The first-order chi connectivity index (χ1) is 11.2. The smallest absolute Gasteiger partial charge is 0.417 e. The minimum absolute atomic E-state index is 0.0747. The molecule has 2 aromatic carbocycles. The number of ether oxygens (including phenoxy) is 1. The van der Waals surface area contributed by atoms with Gasteiger partial charge in [-0.15, -0.1) is 0 Å². The van der Waals surface area contributed by atoms with Crippen LogP contribution in [0.2, 0.25) is 0 Å². The van der Waals surface area contributed by atoms with E-state index in [2.05, 4.69) is 0 Å². The third-order valence-corrected chi connectivity index (χ3v) is 4.11. The fraction of sp³-hybridized carbons (Fsp3) is 0.211. The highest BCUT2D eigenvalue weighted by atomic mass is 16.6. The minimum atomic E-state index is -0.512. The van der Waals surface area contributed by atoms with Crippen LogP contribution >= 0.6 is 0 Å². The van der Waals surface area contributed by atoms with Gasteiger partial charge in [0.15, 0.2) is 5.88 Å². The van der Waals surface area contributed by atoms with Crippen LogP contribution in [0.1, 0.15) is 24.0 Å². The molecular formula is C19H19NO3. The number of benzene rings is 2. The number of cyclic esters (lactones) is 1. The first-order valence-corrected chi connectivity index (χ1v) is 7.63. The van der Waals surface area contributed by atoms with E-state index < -0.39 is 6.09 Å². The molecule has 3 rings (SSSR count). The molecule has 0 bridgehead atoms. The van der Waals surface area contributed by atoms with Crippen LogP contribution in [0.4, 0.5) is 4.79 Å². The van der Waals surface area contributed by atoms with Gasteiger partial charge < -0.3 is 9.84 Å². The van der Waals surface area contributed by atoms with Gasteiger partial charge in [-0.05, 0) is 24.1 Å². The summed E-state index contributed by atoms with van der Waals surface area (Å²) >= 11 is 0. The Morgan fingerprint density at radius 2 is 1.65 bits per heavy atom. The Hall–Kier alpha value is -2.75. The predicted molar refractivity (Wildman–Crippen MR) is 88.1 cm³/mol. The van der Waals surface area contributed by atoms with Crippen LogP contribution in [-0.2, 0) is 4.74 Å². The summed E-state index contributed by atoms with van der Waals surface area (Å²) in [6, 6.07) is 19.7. The SMILES string of the molecule is C/C=C(\O)N1C(=O)OC[C@@H]1C(c1ccccc1)c1ccccc1. The number of carbonyl (C=O) groups excluding carboxylic acids is 1. The van der Waals surface area contributed by atoms with Crippen molar-refractivity contribution < 1.29 is 14.6 Å². The summed E-state index contributed by atoms with van der Waals surface area (Å²) in [5.41, 5.74) is 2.16. The van der Waals surface area contributed by atoms with Gasteiger partial charge in [0.1, 0.15) is 6.61 Å². The summed E-state index contributed by atoms with van der Waals surface area (Å²) in [5, 5.41) is 10.1. The zero-order chi connectivity index (χ0) is 16.2. The first-order valence-electron chi connectivity index (χ1n) is 7.63. The number of nitrogens with zero attached hydrogens (tertiary/aromatic N) is 1. The van der Waals surface area contributed by atoms with Gasteiger partial charge in [0.2, 0.25) is 0 Å². The van der Waals surface area contributed by atoms with Crippen molar-refractivity contribution in [2.75, 3.05) is 6.61 Å². The highest BCUT2D eigenvalue weighted by Gasteiger charge is 2.41. The average molecular weight is 309 g/mol. The van der Waals surface area contributed by atoms with Gasteiger partial charge in [0, 0.05) is 5.92 Å². The Balaban J connectivity index is 2.07. The lowest BCUT2D eigenvalue weighted by atomic mass is 9.85. The maximum atomic E-state index is 12.1. The molecule has 1 heterocycles. The zero-order valence-corrected chi connectivity index (χ0v) is 12.9. The third-order valence-electron chi connectivity index (χ3n) is 4.11. The molecule has 1 saturated heterocycles. The number of amides is 1. The molecule has 118 valence electrons. The number of rotatable bonds is 4. The lowest BCUT2D eigenvalue weighted by Crippen LogP contribution is -2.37. The minimum Gasteiger partial charge on any atom is -0.495 e. The van der Waals surface area contributed by atoms with Gasteiger partial charge in [-0.3, -0.25) is 0 Å². The average Bonchev–Trinajstić information content (AvgIpc) is 2.98. The second-order valence-corrected chi connectivity index (χ2v) is 5.46. The molecule has 4 nitrogen and oxygen atoms in total. The molecule has 0 aliphatic carbocycles. The molecule has 0 unspecified atom stereocenters. The Morgan fingerprint density at radius 3 is 2.13 bits per heavy atom. The number of allylic oxidation sites excluding steroid dienone is 1. The van der Waals surface area contributed by atoms with Gasteiger partial charge >= 0.3 is 6.09 Å². The van der Waals surface area contributed by atoms with Gasteiger partial charge in [-0.1, -0.05) is 60.7 Å². The van der Waals surface area contributed by atoms with Crippen molar-refractivity contribution in [3.8, 4) is 0 Å². The lowest BCUT2D eigenvalue weighted by Gasteiger charge is -2.29. The fourth-order valence-electron chi connectivity index (χ4n) is 3.04. The molecule has 1 N–H and O–H groups in total. The van der Waals surface area contributed by atoms with Crippen LogP contribution in [0.3, 0.4) is 0 Å². The highest BCUT2D eigenvalue weighted by molar-refractivity contribution is 5.72. The van der Waals surface area contributed by atoms with Crippen LogP contribution in [0.15, 0.2) is 72.6 Å². The second kappa shape index (κ2) is 6.57. The van der Waals surface area contributed by atoms with Gasteiger partial charge in [-0.25, -0.2) is 9.69 Å². The molecule has 0 spiro atoms. The molecule has 4 heteroatoms. The van der Waals surface area contributed by atoms with Crippen molar-refractivity contribution in [3.63, 3.8) is 0 Å². The van der Waals surface area contributed by atoms with Crippen LogP contribution in [-0.4, -0.2) is 28.7 Å². The van der Waals surface area contributed by atoms with E-state index in [1.54, 1.807) is 6.92 Å². The van der Waals surface area contributed by atoms with Gasteiger partial charge in [-0.2, -0.15) is 0 Å². The quantitative estimate of drug-likeness (QED) is 0.867. The van der Waals surface area contributed by atoms with E-state index in [0.717, 1.165) is 11.1 Å². The maximum Gasteiger partial charge on any atom is 0.417 e. The molecule has 23 heavy (non-hydrogen) atoms. The van der Waals surface area contributed by atoms with Crippen molar-refractivity contribution in [1.29, 1.82) is 0 Å². The molecule has 0 radical (unpaired) electrons. The number of carbonyl (C=O) groups is 1. The van der Waals surface area contributed by atoms with Gasteiger partial charge in [0.25, 0.3) is 0 Å². The van der Waals surface area contributed by atoms with Crippen molar-refractivity contribution in [2.24, 2.45) is 0 Å². The Kier molecular flexibility index (Phi) is 4.33. The van der Waals surface area contributed by atoms with Crippen molar-refractivity contribution in [1.82, 2.24) is 4.90 Å². The Labute approximate surface area is 135 Å². The number of aliphatic hydroxyl groups excluding tert-OH is 1. The number of hydrogen-bond acceptors (Lipinski definition) is 3. The summed E-state index contributed by atoms with van der Waals surface area (Å²) in [6.07, 6.45) is 0.995. The largest absolute Gasteiger partial charge is 0.495 e. The molecule has 1 aliphatic heterocycles. The highest BCUT2D eigenvalue weighted by Crippen LogP contribution is 2.35. The van der Waals surface area contributed by atoms with Crippen LogP contribution in [0.25, 0.3) is 0 Å². The van der Waals surface area contributed by atoms with Crippen molar-refractivity contribution in [3.05, 3.63) is 83.7 Å². The van der Waals surface area contributed by atoms with Crippen LogP contribution in [0.5, 0.6) is 0 Å². The number of hydrogen-bond donors (Lipinski definition) is 1. The molecule has 0 aromatic heterocycles. The fourth-order valence-corrected chi connectivity index (χ4v) is 3.04. The second-order valence-electron chi connectivity index (χ2n) is 5.46. The van der Waals surface area contributed by atoms with Gasteiger partial charge in [0.05, 0.1) is 6.04 Å². The summed E-state index contributed by atoms with van der Waals surface area (Å²) in [5.74, 6) is -0.152. The van der Waals surface area contributed by atoms with E-state index in [1.807, 2.05) is 60.7 Å². The zero-order valence-electron chi connectivity index (χ0n) is 12.9. The summed E-state index contributed by atoms with van der Waals surface area (Å²) in [4.78, 5) is 13.4. The summed E-state index contributed by atoms with van der Waals surface area (Å²) in [7, 11) is 0. The van der Waals surface area contributed by atoms with Crippen molar-refractivity contribution in [2.45, 2.75) is 18.9 Å². The van der Waals surface area contributed by atoms with Crippen LogP contribution in [0, 0.1) is 0 Å². The molecule has 0 saturated carbocycles. The summed E-state index contributed by atoms with van der Waals surface area (Å²) in [6.45, 7) is 1.93. The Bertz CT molecular complexity index is 658. The van der Waals surface area contributed by atoms with E-state index in [9.17, 15) is 9.90 Å². The Morgan fingerprint density at radius 1 is 1.13 bits per heavy atom. The molecule has 1 atom stereocenters. The molecule has 2 aromatic rings. The molecule has 1 aliphatic rings. The van der Waals surface area contributed by atoms with E-state index in [4.69, 9.17) is 4.74 Å². The number of aliphatic hydroxyl groups is 1. The third kappa shape index (κ3) is 2.93. The maximum absolute atomic E-state index is 12.1. The molecule has 1 amide bonds.